The van der Waals surface area contributed by atoms with Gasteiger partial charge in [0.25, 0.3) is 0 Å². The smallest absolute Gasteiger partial charge is 0.320 e. The molecule has 0 aliphatic rings. The lowest BCUT2D eigenvalue weighted by atomic mass is 10.0. The summed E-state index contributed by atoms with van der Waals surface area (Å²) in [6.45, 7) is 6.17. The standard InChI is InChI=1S/C11H21N3O2/c1-3-4-10(13)14-7-8(2)5-6-9(12)11(15)16/h3,8-9H,1,4-7,12H2,2H3,(H2,13,14)(H,15,16). The molecule has 0 bridgehead atoms. The van der Waals surface area contributed by atoms with Crippen molar-refractivity contribution in [3.63, 3.8) is 0 Å². The summed E-state index contributed by atoms with van der Waals surface area (Å²) in [5.74, 6) is -0.111. The van der Waals surface area contributed by atoms with Gasteiger partial charge in [-0.05, 0) is 18.8 Å². The van der Waals surface area contributed by atoms with Crippen LogP contribution in [0, 0.1) is 5.92 Å². The Bertz CT molecular complexity index is 264. The third kappa shape index (κ3) is 7.00. The first kappa shape index (κ1) is 14.6. The number of rotatable bonds is 8. The third-order valence-electron chi connectivity index (χ3n) is 2.25. The van der Waals surface area contributed by atoms with Gasteiger partial charge in [0.1, 0.15) is 6.04 Å². The van der Waals surface area contributed by atoms with Crippen molar-refractivity contribution in [2.45, 2.75) is 32.2 Å². The maximum absolute atomic E-state index is 10.5. The van der Waals surface area contributed by atoms with Crippen molar-refractivity contribution in [3.05, 3.63) is 12.7 Å². The summed E-state index contributed by atoms with van der Waals surface area (Å²) in [4.78, 5) is 14.7. The molecular formula is C11H21N3O2. The largest absolute Gasteiger partial charge is 0.480 e. The van der Waals surface area contributed by atoms with Gasteiger partial charge in [-0.25, -0.2) is 0 Å². The first-order valence-corrected chi connectivity index (χ1v) is 5.35. The van der Waals surface area contributed by atoms with Crippen LogP contribution in [0.15, 0.2) is 17.6 Å². The SMILES string of the molecule is C=CCC(N)=NCC(C)CCC(N)C(=O)O. The number of aliphatic carboxylic acids is 1. The van der Waals surface area contributed by atoms with Crippen LogP contribution in [0.5, 0.6) is 0 Å². The molecule has 16 heavy (non-hydrogen) atoms. The zero-order chi connectivity index (χ0) is 12.6. The highest BCUT2D eigenvalue weighted by molar-refractivity contribution is 5.81. The zero-order valence-corrected chi connectivity index (χ0v) is 9.72. The lowest BCUT2D eigenvalue weighted by Gasteiger charge is -2.11. The van der Waals surface area contributed by atoms with Gasteiger partial charge in [0.2, 0.25) is 0 Å². The Morgan fingerprint density at radius 2 is 2.19 bits per heavy atom. The van der Waals surface area contributed by atoms with Crippen molar-refractivity contribution in [2.24, 2.45) is 22.4 Å². The summed E-state index contributed by atoms with van der Waals surface area (Å²) in [5.41, 5.74) is 11.0. The van der Waals surface area contributed by atoms with Crippen LogP contribution in [0.3, 0.4) is 0 Å². The van der Waals surface area contributed by atoms with Crippen LogP contribution in [0.2, 0.25) is 0 Å². The summed E-state index contributed by atoms with van der Waals surface area (Å²) in [5, 5.41) is 8.60. The van der Waals surface area contributed by atoms with Crippen LogP contribution in [0.1, 0.15) is 26.2 Å². The van der Waals surface area contributed by atoms with E-state index in [0.29, 0.717) is 25.2 Å². The number of hydrogen-bond acceptors (Lipinski definition) is 3. The van der Waals surface area contributed by atoms with Gasteiger partial charge < -0.3 is 16.6 Å². The Balaban J connectivity index is 3.82. The molecule has 5 N–H and O–H groups in total. The molecule has 5 heteroatoms. The van der Waals surface area contributed by atoms with Crippen molar-refractivity contribution in [2.75, 3.05) is 6.54 Å². The monoisotopic (exact) mass is 227 g/mol. The van der Waals surface area contributed by atoms with Gasteiger partial charge >= 0.3 is 5.97 Å². The van der Waals surface area contributed by atoms with Crippen LogP contribution in [0.25, 0.3) is 0 Å². The molecule has 0 fully saturated rings. The normalized spacial score (nSPS) is 15.5. The lowest BCUT2D eigenvalue weighted by Crippen LogP contribution is -2.30. The van der Waals surface area contributed by atoms with Gasteiger partial charge in [-0.1, -0.05) is 13.0 Å². The van der Waals surface area contributed by atoms with Crippen LogP contribution >= 0.6 is 0 Å². The number of aliphatic imine (C=N–C) groups is 1. The Hall–Kier alpha value is -1.36. The van der Waals surface area contributed by atoms with E-state index in [0.717, 1.165) is 6.42 Å². The van der Waals surface area contributed by atoms with E-state index in [4.69, 9.17) is 16.6 Å². The quantitative estimate of drug-likeness (QED) is 0.323. The average Bonchev–Trinajstić information content (AvgIpc) is 2.23. The molecule has 0 aliphatic heterocycles. The minimum atomic E-state index is -0.957. The van der Waals surface area contributed by atoms with Gasteiger partial charge in [0.05, 0.1) is 5.84 Å². The van der Waals surface area contributed by atoms with E-state index < -0.39 is 12.0 Å². The van der Waals surface area contributed by atoms with E-state index in [1.54, 1.807) is 6.08 Å². The van der Waals surface area contributed by atoms with Gasteiger partial charge in [-0.2, -0.15) is 0 Å². The molecule has 0 aliphatic carbocycles. The molecule has 0 saturated heterocycles. The van der Waals surface area contributed by atoms with Crippen molar-refractivity contribution in [1.82, 2.24) is 0 Å². The maximum atomic E-state index is 10.5. The zero-order valence-electron chi connectivity index (χ0n) is 9.72. The van der Waals surface area contributed by atoms with E-state index in [2.05, 4.69) is 11.6 Å². The first-order valence-electron chi connectivity index (χ1n) is 5.35. The average molecular weight is 227 g/mol. The van der Waals surface area contributed by atoms with Crippen molar-refractivity contribution >= 4 is 11.8 Å². The van der Waals surface area contributed by atoms with E-state index in [-0.39, 0.29) is 5.92 Å². The summed E-state index contributed by atoms with van der Waals surface area (Å²) in [6.07, 6.45) is 3.48. The van der Waals surface area contributed by atoms with Gasteiger partial charge in [-0.3, -0.25) is 9.79 Å². The van der Waals surface area contributed by atoms with Gasteiger partial charge in [0, 0.05) is 13.0 Å². The summed E-state index contributed by atoms with van der Waals surface area (Å²) in [7, 11) is 0. The highest BCUT2D eigenvalue weighted by Crippen LogP contribution is 2.08. The van der Waals surface area contributed by atoms with Crippen LogP contribution in [-0.4, -0.2) is 29.5 Å². The van der Waals surface area contributed by atoms with E-state index in [9.17, 15) is 4.79 Å². The summed E-state index contributed by atoms with van der Waals surface area (Å²) >= 11 is 0. The number of carbonyl (C=O) groups is 1. The first-order chi connectivity index (χ1) is 7.47. The number of hydrogen-bond donors (Lipinski definition) is 3. The fraction of sp³-hybridized carbons (Fsp3) is 0.636. The second-order valence-corrected chi connectivity index (χ2v) is 3.95. The molecule has 0 aromatic heterocycles. The topological polar surface area (TPSA) is 102 Å². The second-order valence-electron chi connectivity index (χ2n) is 3.95. The van der Waals surface area contributed by atoms with E-state index >= 15 is 0 Å². The van der Waals surface area contributed by atoms with Crippen LogP contribution in [-0.2, 0) is 4.79 Å². The van der Waals surface area contributed by atoms with Gasteiger partial charge in [0.15, 0.2) is 0 Å². The van der Waals surface area contributed by atoms with E-state index in [1.165, 1.54) is 0 Å². The minimum absolute atomic E-state index is 0.286. The molecule has 2 unspecified atom stereocenters. The third-order valence-corrected chi connectivity index (χ3v) is 2.25. The lowest BCUT2D eigenvalue weighted by molar-refractivity contribution is -0.138. The molecule has 92 valence electrons. The van der Waals surface area contributed by atoms with Crippen molar-refractivity contribution < 1.29 is 9.90 Å². The number of carboxylic acid groups (broad SMARTS) is 1. The molecule has 0 amide bonds. The van der Waals surface area contributed by atoms with E-state index in [1.807, 2.05) is 6.92 Å². The fourth-order valence-electron chi connectivity index (χ4n) is 1.16. The Morgan fingerprint density at radius 1 is 1.56 bits per heavy atom. The Labute approximate surface area is 96.2 Å². The number of nitrogens with two attached hydrogens (primary N) is 2. The van der Waals surface area contributed by atoms with Crippen LogP contribution in [0.4, 0.5) is 0 Å². The number of amidine groups is 1. The molecule has 0 heterocycles. The molecule has 0 aromatic carbocycles. The van der Waals surface area contributed by atoms with Crippen molar-refractivity contribution in [1.29, 1.82) is 0 Å². The number of carboxylic acids is 1. The minimum Gasteiger partial charge on any atom is -0.480 e. The highest BCUT2D eigenvalue weighted by atomic mass is 16.4. The molecule has 0 radical (unpaired) electrons. The molecular weight excluding hydrogens is 206 g/mol. The predicted octanol–water partition coefficient (Wildman–Crippen LogP) is 0.748. The molecule has 5 nitrogen and oxygen atoms in total. The van der Waals surface area contributed by atoms with Crippen molar-refractivity contribution in [3.8, 4) is 0 Å². The molecule has 0 spiro atoms. The number of nitrogens with zero attached hydrogens (tertiary/aromatic N) is 1. The molecule has 0 saturated carbocycles. The molecule has 2 atom stereocenters. The molecule has 0 aromatic rings. The maximum Gasteiger partial charge on any atom is 0.320 e. The van der Waals surface area contributed by atoms with Gasteiger partial charge in [-0.15, -0.1) is 6.58 Å². The highest BCUT2D eigenvalue weighted by Gasteiger charge is 2.12. The summed E-state index contributed by atoms with van der Waals surface area (Å²) < 4.78 is 0. The van der Waals surface area contributed by atoms with Crippen LogP contribution < -0.4 is 11.5 Å². The summed E-state index contributed by atoms with van der Waals surface area (Å²) in [6, 6.07) is -0.781. The fourth-order valence-corrected chi connectivity index (χ4v) is 1.16. The predicted molar refractivity (Wildman–Crippen MR) is 65.3 cm³/mol. The second kappa shape index (κ2) is 7.87. The Morgan fingerprint density at radius 3 is 2.69 bits per heavy atom. The molecule has 0 rings (SSSR count). The Kier molecular flexibility index (Phi) is 7.20.